The maximum absolute atomic E-state index is 12.8. The van der Waals surface area contributed by atoms with Crippen molar-refractivity contribution in [2.24, 2.45) is 0 Å². The van der Waals surface area contributed by atoms with Crippen LogP contribution >= 0.6 is 0 Å². The summed E-state index contributed by atoms with van der Waals surface area (Å²) in [5.74, 6) is -0.319. The van der Waals surface area contributed by atoms with Crippen LogP contribution in [0.15, 0.2) is 61.2 Å². The van der Waals surface area contributed by atoms with E-state index in [-0.39, 0.29) is 28.3 Å². The smallest absolute Gasteiger partial charge is 0.295 e. The van der Waals surface area contributed by atoms with Crippen LogP contribution in [0.1, 0.15) is 41.6 Å². The van der Waals surface area contributed by atoms with E-state index in [1.807, 2.05) is 18.2 Å². The van der Waals surface area contributed by atoms with Crippen molar-refractivity contribution < 1.29 is 9.72 Å². The Morgan fingerprint density at radius 2 is 1.93 bits per heavy atom. The fourth-order valence-electron chi connectivity index (χ4n) is 4.10. The first-order valence-corrected chi connectivity index (χ1v) is 9.56. The van der Waals surface area contributed by atoms with Gasteiger partial charge in [-0.25, -0.2) is 9.67 Å². The second-order valence-corrected chi connectivity index (χ2v) is 7.34. The van der Waals surface area contributed by atoms with Crippen LogP contribution in [0, 0.1) is 10.1 Å². The number of rotatable bonds is 6. The molecule has 1 aromatic heterocycles. The number of amides is 1. The molecule has 0 saturated heterocycles. The molecular formula is C21H21N5O3. The van der Waals surface area contributed by atoms with Gasteiger partial charge in [-0.3, -0.25) is 14.9 Å². The molecule has 0 unspecified atom stereocenters. The molecule has 1 fully saturated rings. The van der Waals surface area contributed by atoms with Gasteiger partial charge in [-0.1, -0.05) is 43.2 Å². The van der Waals surface area contributed by atoms with E-state index in [1.165, 1.54) is 35.0 Å². The van der Waals surface area contributed by atoms with Crippen LogP contribution in [0.5, 0.6) is 0 Å². The summed E-state index contributed by atoms with van der Waals surface area (Å²) in [4.78, 5) is 27.6. The Morgan fingerprint density at radius 1 is 1.17 bits per heavy atom. The second-order valence-electron chi connectivity index (χ2n) is 7.34. The highest BCUT2D eigenvalue weighted by Crippen LogP contribution is 2.40. The van der Waals surface area contributed by atoms with E-state index in [9.17, 15) is 14.9 Å². The Balaban J connectivity index is 1.55. The van der Waals surface area contributed by atoms with E-state index >= 15 is 0 Å². The van der Waals surface area contributed by atoms with Crippen molar-refractivity contribution in [3.63, 3.8) is 0 Å². The van der Waals surface area contributed by atoms with Crippen molar-refractivity contribution in [1.29, 1.82) is 0 Å². The number of hydrogen-bond acceptors (Lipinski definition) is 5. The van der Waals surface area contributed by atoms with E-state index in [0.29, 0.717) is 6.54 Å². The summed E-state index contributed by atoms with van der Waals surface area (Å²) in [6, 6.07) is 14.6. The summed E-state index contributed by atoms with van der Waals surface area (Å²) in [5.41, 5.74) is 1.47. The molecule has 8 nitrogen and oxygen atoms in total. The predicted molar refractivity (Wildman–Crippen MR) is 107 cm³/mol. The van der Waals surface area contributed by atoms with Crippen molar-refractivity contribution in [2.45, 2.75) is 31.1 Å². The Bertz CT molecular complexity index is 1010. The van der Waals surface area contributed by atoms with Gasteiger partial charge in [0.15, 0.2) is 0 Å². The molecule has 0 spiro atoms. The van der Waals surface area contributed by atoms with Crippen LogP contribution < -0.4 is 5.32 Å². The molecule has 1 aliphatic rings. The van der Waals surface area contributed by atoms with Gasteiger partial charge in [0.2, 0.25) is 0 Å². The number of nitrogens with one attached hydrogen (secondary N) is 1. The third-order valence-electron chi connectivity index (χ3n) is 5.63. The third kappa shape index (κ3) is 3.73. The first-order valence-electron chi connectivity index (χ1n) is 9.56. The number of hydrogen-bond donors (Lipinski definition) is 1. The van der Waals surface area contributed by atoms with Gasteiger partial charge in [0.25, 0.3) is 11.6 Å². The van der Waals surface area contributed by atoms with Gasteiger partial charge in [0.1, 0.15) is 18.3 Å². The van der Waals surface area contributed by atoms with Crippen molar-refractivity contribution in [1.82, 2.24) is 20.1 Å². The molecule has 1 aliphatic carbocycles. The highest BCUT2D eigenvalue weighted by atomic mass is 16.6. The molecular weight excluding hydrogens is 370 g/mol. The van der Waals surface area contributed by atoms with Crippen LogP contribution in [0.2, 0.25) is 0 Å². The normalized spacial score (nSPS) is 15.2. The molecule has 1 N–H and O–H groups in total. The Morgan fingerprint density at radius 3 is 2.59 bits per heavy atom. The Kier molecular flexibility index (Phi) is 5.07. The fourth-order valence-corrected chi connectivity index (χ4v) is 4.10. The maximum Gasteiger partial charge on any atom is 0.295 e. The minimum atomic E-state index is -0.518. The lowest BCUT2D eigenvalue weighted by Crippen LogP contribution is -2.39. The van der Waals surface area contributed by atoms with Crippen LogP contribution in [0.4, 0.5) is 5.69 Å². The summed E-state index contributed by atoms with van der Waals surface area (Å²) < 4.78 is 1.31. The zero-order chi connectivity index (χ0) is 20.3. The molecule has 0 bridgehead atoms. The highest BCUT2D eigenvalue weighted by Gasteiger charge is 2.36. The van der Waals surface area contributed by atoms with Crippen molar-refractivity contribution in [2.75, 3.05) is 6.54 Å². The molecule has 0 atom stereocenters. The monoisotopic (exact) mass is 391 g/mol. The van der Waals surface area contributed by atoms with Crippen molar-refractivity contribution in [3.8, 4) is 5.69 Å². The van der Waals surface area contributed by atoms with Crippen molar-refractivity contribution in [3.05, 3.63) is 82.4 Å². The van der Waals surface area contributed by atoms with E-state index in [1.54, 1.807) is 6.07 Å². The molecule has 1 heterocycles. The average molecular weight is 391 g/mol. The van der Waals surface area contributed by atoms with Gasteiger partial charge in [0.05, 0.1) is 4.92 Å². The van der Waals surface area contributed by atoms with Gasteiger partial charge in [0, 0.05) is 23.6 Å². The third-order valence-corrected chi connectivity index (χ3v) is 5.63. The molecule has 3 aromatic rings. The quantitative estimate of drug-likeness (QED) is 0.512. The molecule has 1 amide bonds. The summed E-state index contributed by atoms with van der Waals surface area (Å²) >= 11 is 0. The zero-order valence-corrected chi connectivity index (χ0v) is 15.8. The lowest BCUT2D eigenvalue weighted by atomic mass is 9.79. The highest BCUT2D eigenvalue weighted by molar-refractivity contribution is 5.95. The molecule has 8 heteroatoms. The van der Waals surface area contributed by atoms with Crippen LogP contribution in [-0.4, -0.2) is 32.1 Å². The minimum absolute atomic E-state index is 0.0798. The predicted octanol–water partition coefficient (Wildman–Crippen LogP) is 3.42. The summed E-state index contributed by atoms with van der Waals surface area (Å²) in [6.07, 6.45) is 6.97. The first-order chi connectivity index (χ1) is 14.1. The Labute approximate surface area is 167 Å². The number of carbonyl (C=O) groups excluding carboxylic acids is 1. The van der Waals surface area contributed by atoms with Gasteiger partial charge in [-0.15, -0.1) is 0 Å². The Hall–Kier alpha value is -3.55. The van der Waals surface area contributed by atoms with Gasteiger partial charge < -0.3 is 5.32 Å². The lowest BCUT2D eigenvalue weighted by molar-refractivity contribution is -0.384. The van der Waals surface area contributed by atoms with Gasteiger partial charge in [-0.05, 0) is 30.5 Å². The maximum atomic E-state index is 12.8. The van der Waals surface area contributed by atoms with Crippen molar-refractivity contribution >= 4 is 11.6 Å². The summed E-state index contributed by atoms with van der Waals surface area (Å²) in [7, 11) is 0. The van der Waals surface area contributed by atoms with E-state index in [0.717, 1.165) is 25.7 Å². The average Bonchev–Trinajstić information content (AvgIpc) is 3.45. The van der Waals surface area contributed by atoms with E-state index in [4.69, 9.17) is 0 Å². The topological polar surface area (TPSA) is 103 Å². The summed E-state index contributed by atoms with van der Waals surface area (Å²) in [5, 5.41) is 18.4. The number of nitro groups is 1. The molecule has 1 saturated carbocycles. The SMILES string of the molecule is O=C(NCC1(c2ccccc2)CCCC1)c1ccc(-n2cncn2)c([N+](=O)[O-])c1. The largest absolute Gasteiger partial charge is 0.351 e. The standard InChI is InChI=1S/C21H21N5O3/c27-20(23-13-21(10-4-5-11-21)17-6-2-1-3-7-17)16-8-9-18(19(12-16)26(28)29)25-15-22-14-24-25/h1-3,6-9,12,14-15H,4-5,10-11,13H2,(H,23,27). The fraction of sp³-hybridized carbons (Fsp3) is 0.286. The molecule has 4 rings (SSSR count). The number of nitrogens with zero attached hydrogens (tertiary/aromatic N) is 4. The molecule has 0 aliphatic heterocycles. The number of benzene rings is 2. The minimum Gasteiger partial charge on any atom is -0.351 e. The number of nitro benzene ring substituents is 1. The van der Waals surface area contributed by atoms with E-state index < -0.39 is 4.92 Å². The number of aromatic nitrogens is 3. The number of carbonyl (C=O) groups is 1. The first kappa shape index (κ1) is 18.8. The van der Waals surface area contributed by atoms with Gasteiger partial charge in [-0.2, -0.15) is 5.10 Å². The molecule has 29 heavy (non-hydrogen) atoms. The van der Waals surface area contributed by atoms with Crippen LogP contribution in [0.3, 0.4) is 0 Å². The second kappa shape index (κ2) is 7.83. The molecule has 148 valence electrons. The summed E-state index contributed by atoms with van der Waals surface area (Å²) in [6.45, 7) is 0.508. The molecule has 2 aromatic carbocycles. The lowest BCUT2D eigenvalue weighted by Gasteiger charge is -2.30. The van der Waals surface area contributed by atoms with E-state index in [2.05, 4.69) is 27.5 Å². The van der Waals surface area contributed by atoms with Crippen LogP contribution in [0.25, 0.3) is 5.69 Å². The zero-order valence-electron chi connectivity index (χ0n) is 15.8. The molecule has 0 radical (unpaired) electrons. The van der Waals surface area contributed by atoms with Gasteiger partial charge >= 0.3 is 0 Å². The van der Waals surface area contributed by atoms with Crippen LogP contribution in [-0.2, 0) is 5.41 Å².